The van der Waals surface area contributed by atoms with E-state index in [0.29, 0.717) is 18.2 Å². The number of rotatable bonds is 2. The van der Waals surface area contributed by atoms with Crippen LogP contribution in [0.1, 0.15) is 25.0 Å². The predicted molar refractivity (Wildman–Crippen MR) is 76.0 cm³/mol. The first-order valence-corrected chi connectivity index (χ1v) is 6.60. The van der Waals surface area contributed by atoms with E-state index in [1.54, 1.807) is 0 Å². The molecule has 2 nitrogen and oxygen atoms in total. The third-order valence-electron chi connectivity index (χ3n) is 3.56. The first kappa shape index (κ1) is 18.2. The standard InChI is InChI=1S/C14H18F4N2.ClH/c1-9-7-20(10(2)6-19-9)8-11-3-12(14(16,17)18)5-13(15)4-11;/h3-5,9-10,19H,6-8H2,1-2H3;1H. The molecule has 21 heavy (non-hydrogen) atoms. The summed E-state index contributed by atoms with van der Waals surface area (Å²) in [6.07, 6.45) is -4.51. The fourth-order valence-electron chi connectivity index (χ4n) is 2.46. The highest BCUT2D eigenvalue weighted by Gasteiger charge is 2.31. The van der Waals surface area contributed by atoms with Crippen LogP contribution >= 0.6 is 12.4 Å². The summed E-state index contributed by atoms with van der Waals surface area (Å²) in [7, 11) is 0. The molecule has 2 atom stereocenters. The average molecular weight is 327 g/mol. The summed E-state index contributed by atoms with van der Waals surface area (Å²) in [5, 5.41) is 3.30. The fraction of sp³-hybridized carbons (Fsp3) is 0.571. The summed E-state index contributed by atoms with van der Waals surface area (Å²) >= 11 is 0. The van der Waals surface area contributed by atoms with Crippen molar-refractivity contribution in [2.75, 3.05) is 13.1 Å². The fourth-order valence-corrected chi connectivity index (χ4v) is 2.46. The maximum Gasteiger partial charge on any atom is 0.416 e. The molecule has 1 fully saturated rings. The highest BCUT2D eigenvalue weighted by atomic mass is 35.5. The zero-order chi connectivity index (χ0) is 14.9. The zero-order valence-corrected chi connectivity index (χ0v) is 12.7. The van der Waals surface area contributed by atoms with Crippen LogP contribution < -0.4 is 5.32 Å². The molecular weight excluding hydrogens is 308 g/mol. The van der Waals surface area contributed by atoms with E-state index in [0.717, 1.165) is 19.2 Å². The van der Waals surface area contributed by atoms with Gasteiger partial charge in [-0.05, 0) is 37.6 Å². The zero-order valence-electron chi connectivity index (χ0n) is 11.9. The quantitative estimate of drug-likeness (QED) is 0.837. The Labute approximate surface area is 127 Å². The van der Waals surface area contributed by atoms with Crippen molar-refractivity contribution in [3.63, 3.8) is 0 Å². The Hall–Kier alpha value is -0.850. The Morgan fingerprint density at radius 3 is 2.52 bits per heavy atom. The number of nitrogens with one attached hydrogen (secondary N) is 1. The average Bonchev–Trinajstić information content (AvgIpc) is 2.32. The number of halogens is 5. The lowest BCUT2D eigenvalue weighted by molar-refractivity contribution is -0.137. The Balaban J connectivity index is 0.00000220. The minimum Gasteiger partial charge on any atom is -0.311 e. The van der Waals surface area contributed by atoms with Crippen molar-refractivity contribution < 1.29 is 17.6 Å². The van der Waals surface area contributed by atoms with Gasteiger partial charge in [-0.2, -0.15) is 13.2 Å². The van der Waals surface area contributed by atoms with Gasteiger partial charge >= 0.3 is 6.18 Å². The molecule has 1 saturated heterocycles. The summed E-state index contributed by atoms with van der Waals surface area (Å²) in [5.74, 6) is -0.842. The third-order valence-corrected chi connectivity index (χ3v) is 3.56. The highest BCUT2D eigenvalue weighted by molar-refractivity contribution is 5.85. The van der Waals surface area contributed by atoms with Crippen molar-refractivity contribution in [1.29, 1.82) is 0 Å². The summed E-state index contributed by atoms with van der Waals surface area (Å²) in [4.78, 5) is 2.07. The van der Waals surface area contributed by atoms with Gasteiger partial charge in [0, 0.05) is 31.7 Å². The highest BCUT2D eigenvalue weighted by Crippen LogP contribution is 2.30. The van der Waals surface area contributed by atoms with Gasteiger partial charge in [0.05, 0.1) is 5.56 Å². The van der Waals surface area contributed by atoms with Gasteiger partial charge in [-0.15, -0.1) is 12.4 Å². The van der Waals surface area contributed by atoms with E-state index < -0.39 is 17.6 Å². The van der Waals surface area contributed by atoms with Gasteiger partial charge < -0.3 is 5.32 Å². The molecule has 1 heterocycles. The number of alkyl halides is 3. The summed E-state index contributed by atoms with van der Waals surface area (Å²) in [5.41, 5.74) is -0.568. The van der Waals surface area contributed by atoms with Crippen LogP contribution in [0.2, 0.25) is 0 Å². The number of hydrogen-bond donors (Lipinski definition) is 1. The molecule has 0 saturated carbocycles. The van der Waals surface area contributed by atoms with Gasteiger partial charge in [0.25, 0.3) is 0 Å². The molecule has 1 N–H and O–H groups in total. The van der Waals surface area contributed by atoms with Gasteiger partial charge in [0.1, 0.15) is 5.82 Å². The lowest BCUT2D eigenvalue weighted by atomic mass is 10.1. The molecule has 0 radical (unpaired) electrons. The molecule has 0 aliphatic carbocycles. The van der Waals surface area contributed by atoms with Crippen LogP contribution in [0.15, 0.2) is 18.2 Å². The van der Waals surface area contributed by atoms with E-state index in [1.165, 1.54) is 6.07 Å². The third kappa shape index (κ3) is 4.83. The maximum absolute atomic E-state index is 13.4. The summed E-state index contributed by atoms with van der Waals surface area (Å²) in [6.45, 7) is 5.87. The largest absolute Gasteiger partial charge is 0.416 e. The molecule has 7 heteroatoms. The smallest absolute Gasteiger partial charge is 0.311 e. The van der Waals surface area contributed by atoms with E-state index >= 15 is 0 Å². The molecule has 1 aliphatic rings. The lowest BCUT2D eigenvalue weighted by Crippen LogP contribution is -2.53. The number of nitrogens with zero attached hydrogens (tertiary/aromatic N) is 1. The van der Waals surface area contributed by atoms with Crippen molar-refractivity contribution >= 4 is 12.4 Å². The molecule has 2 rings (SSSR count). The maximum atomic E-state index is 13.4. The molecule has 0 aromatic heterocycles. The Morgan fingerprint density at radius 2 is 1.90 bits per heavy atom. The molecule has 1 aromatic rings. The Morgan fingerprint density at radius 1 is 1.24 bits per heavy atom. The summed E-state index contributed by atoms with van der Waals surface area (Å²) < 4.78 is 51.4. The van der Waals surface area contributed by atoms with Gasteiger partial charge in [-0.1, -0.05) is 0 Å². The monoisotopic (exact) mass is 326 g/mol. The van der Waals surface area contributed by atoms with E-state index in [2.05, 4.69) is 10.2 Å². The number of hydrogen-bond acceptors (Lipinski definition) is 2. The first-order chi connectivity index (χ1) is 9.25. The molecular formula is C14H19ClF4N2. The van der Waals surface area contributed by atoms with Crippen LogP contribution in [-0.4, -0.2) is 30.1 Å². The van der Waals surface area contributed by atoms with Crippen molar-refractivity contribution in [3.05, 3.63) is 35.1 Å². The second kappa shape index (κ2) is 6.94. The molecule has 0 bridgehead atoms. The topological polar surface area (TPSA) is 15.3 Å². The van der Waals surface area contributed by atoms with Crippen LogP contribution in [-0.2, 0) is 12.7 Å². The van der Waals surface area contributed by atoms with Gasteiger partial charge in [0.2, 0.25) is 0 Å². The van der Waals surface area contributed by atoms with Crippen molar-refractivity contribution in [2.24, 2.45) is 0 Å². The molecule has 2 unspecified atom stereocenters. The Bertz CT molecular complexity index is 479. The minimum absolute atomic E-state index is 0. The Kier molecular flexibility index (Phi) is 6.01. The van der Waals surface area contributed by atoms with E-state index in [9.17, 15) is 17.6 Å². The molecule has 1 aromatic carbocycles. The van der Waals surface area contributed by atoms with Crippen LogP contribution in [0.25, 0.3) is 0 Å². The van der Waals surface area contributed by atoms with E-state index in [1.807, 2.05) is 13.8 Å². The van der Waals surface area contributed by atoms with Gasteiger partial charge in [0.15, 0.2) is 0 Å². The molecule has 0 spiro atoms. The normalized spacial score (nSPS) is 23.7. The minimum atomic E-state index is -4.51. The van der Waals surface area contributed by atoms with Gasteiger partial charge in [-0.25, -0.2) is 4.39 Å². The second-order valence-electron chi connectivity index (χ2n) is 5.43. The second-order valence-corrected chi connectivity index (χ2v) is 5.43. The van der Waals surface area contributed by atoms with Crippen LogP contribution in [0.4, 0.5) is 17.6 Å². The SMILES string of the molecule is CC1CN(Cc2cc(F)cc(C(F)(F)F)c2)C(C)CN1.Cl. The molecule has 1 aliphatic heterocycles. The van der Waals surface area contributed by atoms with Crippen molar-refractivity contribution in [1.82, 2.24) is 10.2 Å². The first-order valence-electron chi connectivity index (χ1n) is 6.60. The number of piperazine rings is 1. The van der Waals surface area contributed by atoms with E-state index in [-0.39, 0.29) is 24.5 Å². The molecule has 120 valence electrons. The lowest BCUT2D eigenvalue weighted by Gasteiger charge is -2.37. The van der Waals surface area contributed by atoms with Crippen LogP contribution in [0, 0.1) is 5.82 Å². The summed E-state index contributed by atoms with van der Waals surface area (Å²) in [6, 6.07) is 3.23. The molecule has 0 amide bonds. The van der Waals surface area contributed by atoms with E-state index in [4.69, 9.17) is 0 Å². The van der Waals surface area contributed by atoms with Crippen molar-refractivity contribution in [3.8, 4) is 0 Å². The van der Waals surface area contributed by atoms with Crippen molar-refractivity contribution in [2.45, 2.75) is 38.7 Å². The van der Waals surface area contributed by atoms with Gasteiger partial charge in [-0.3, -0.25) is 4.90 Å². The van der Waals surface area contributed by atoms with Crippen LogP contribution in [0.5, 0.6) is 0 Å². The number of benzene rings is 1. The predicted octanol–water partition coefficient (Wildman–Crippen LogP) is 3.45. The van der Waals surface area contributed by atoms with Crippen LogP contribution in [0.3, 0.4) is 0 Å².